The van der Waals surface area contributed by atoms with Gasteiger partial charge in [-0.3, -0.25) is 9.88 Å². The number of rotatable bonds is 2. The molecule has 1 aliphatic carbocycles. The highest BCUT2D eigenvalue weighted by Gasteiger charge is 2.31. The molecule has 1 aliphatic heterocycles. The van der Waals surface area contributed by atoms with E-state index < -0.39 is 0 Å². The number of hydrogen-bond donors (Lipinski definition) is 1. The fraction of sp³-hybridized carbons (Fsp3) is 0.438. The number of benzene rings is 1. The lowest BCUT2D eigenvalue weighted by Crippen LogP contribution is -2.47. The van der Waals surface area contributed by atoms with Crippen molar-refractivity contribution in [1.82, 2.24) is 9.88 Å². The molecule has 2 aliphatic rings. The molecular formula is C16H20N4. The van der Waals surface area contributed by atoms with E-state index >= 15 is 0 Å². The molecule has 4 nitrogen and oxygen atoms in total. The number of nitrogens with zero attached hydrogens (tertiary/aromatic N) is 3. The van der Waals surface area contributed by atoms with E-state index in [1.807, 2.05) is 6.07 Å². The zero-order chi connectivity index (χ0) is 13.5. The van der Waals surface area contributed by atoms with E-state index in [9.17, 15) is 0 Å². The molecule has 2 aromatic rings. The molecule has 4 heteroatoms. The SMILES string of the molecule is Nc1cnc2ccccc2c1N1CCN(C2CC2)CC1. The van der Waals surface area contributed by atoms with Crippen LogP contribution in [0.5, 0.6) is 0 Å². The average Bonchev–Trinajstić information content (AvgIpc) is 3.32. The average molecular weight is 268 g/mol. The Morgan fingerprint density at radius 1 is 1.05 bits per heavy atom. The van der Waals surface area contributed by atoms with Crippen LogP contribution in [0, 0.1) is 0 Å². The smallest absolute Gasteiger partial charge is 0.0745 e. The minimum Gasteiger partial charge on any atom is -0.396 e. The second-order valence-electron chi connectivity index (χ2n) is 5.83. The van der Waals surface area contributed by atoms with Crippen LogP contribution in [-0.2, 0) is 0 Å². The number of piperazine rings is 1. The van der Waals surface area contributed by atoms with Gasteiger partial charge in [0.25, 0.3) is 0 Å². The maximum absolute atomic E-state index is 6.21. The van der Waals surface area contributed by atoms with E-state index in [0.717, 1.165) is 43.4 Å². The van der Waals surface area contributed by atoms with Crippen LogP contribution in [0.4, 0.5) is 11.4 Å². The second kappa shape index (κ2) is 4.63. The first-order chi connectivity index (χ1) is 9.83. The maximum Gasteiger partial charge on any atom is 0.0745 e. The van der Waals surface area contributed by atoms with Crippen LogP contribution < -0.4 is 10.6 Å². The predicted octanol–water partition coefficient (Wildman–Crippen LogP) is 2.10. The zero-order valence-electron chi connectivity index (χ0n) is 11.6. The molecular weight excluding hydrogens is 248 g/mol. The Bertz CT molecular complexity index is 627. The summed E-state index contributed by atoms with van der Waals surface area (Å²) in [6, 6.07) is 9.14. The monoisotopic (exact) mass is 268 g/mol. The van der Waals surface area contributed by atoms with Crippen molar-refractivity contribution < 1.29 is 0 Å². The van der Waals surface area contributed by atoms with Crippen molar-refractivity contribution in [2.75, 3.05) is 36.8 Å². The van der Waals surface area contributed by atoms with Crippen molar-refractivity contribution in [3.8, 4) is 0 Å². The van der Waals surface area contributed by atoms with Crippen LogP contribution in [0.25, 0.3) is 10.9 Å². The van der Waals surface area contributed by atoms with E-state index in [-0.39, 0.29) is 0 Å². The second-order valence-corrected chi connectivity index (χ2v) is 5.83. The number of aromatic nitrogens is 1. The first-order valence-electron chi connectivity index (χ1n) is 7.45. The van der Waals surface area contributed by atoms with E-state index in [0.29, 0.717) is 0 Å². The summed E-state index contributed by atoms with van der Waals surface area (Å²) in [6.45, 7) is 4.44. The molecule has 0 spiro atoms. The molecule has 2 fully saturated rings. The molecule has 0 amide bonds. The third-order valence-corrected chi connectivity index (χ3v) is 4.47. The Morgan fingerprint density at radius 2 is 1.80 bits per heavy atom. The lowest BCUT2D eigenvalue weighted by molar-refractivity contribution is 0.248. The van der Waals surface area contributed by atoms with Crippen molar-refractivity contribution in [3.63, 3.8) is 0 Å². The van der Waals surface area contributed by atoms with Gasteiger partial charge in [-0.15, -0.1) is 0 Å². The molecule has 2 heterocycles. The van der Waals surface area contributed by atoms with E-state index in [2.05, 4.69) is 33.0 Å². The van der Waals surface area contributed by atoms with Crippen LogP contribution >= 0.6 is 0 Å². The Balaban J connectivity index is 1.66. The lowest BCUT2D eigenvalue weighted by Gasteiger charge is -2.37. The molecule has 0 unspecified atom stereocenters. The zero-order valence-corrected chi connectivity index (χ0v) is 11.6. The number of nitrogens with two attached hydrogens (primary N) is 1. The summed E-state index contributed by atoms with van der Waals surface area (Å²) < 4.78 is 0. The van der Waals surface area contributed by atoms with Gasteiger partial charge < -0.3 is 10.6 Å². The highest BCUT2D eigenvalue weighted by atomic mass is 15.3. The molecule has 1 saturated carbocycles. The molecule has 20 heavy (non-hydrogen) atoms. The molecule has 1 aromatic heterocycles. The van der Waals surface area contributed by atoms with Gasteiger partial charge in [-0.1, -0.05) is 18.2 Å². The van der Waals surface area contributed by atoms with Gasteiger partial charge in [0.05, 0.1) is 23.1 Å². The summed E-state index contributed by atoms with van der Waals surface area (Å²) in [5.74, 6) is 0. The molecule has 4 rings (SSSR count). The number of fused-ring (bicyclic) bond motifs is 1. The molecule has 0 atom stereocenters. The fourth-order valence-corrected chi connectivity index (χ4v) is 3.25. The van der Waals surface area contributed by atoms with Crippen LogP contribution in [0.1, 0.15) is 12.8 Å². The van der Waals surface area contributed by atoms with E-state index in [4.69, 9.17) is 5.73 Å². The molecule has 1 saturated heterocycles. The first-order valence-corrected chi connectivity index (χ1v) is 7.45. The number of para-hydroxylation sites is 1. The minimum atomic E-state index is 0.795. The van der Waals surface area contributed by atoms with Gasteiger partial charge in [0.15, 0.2) is 0 Å². The maximum atomic E-state index is 6.21. The summed E-state index contributed by atoms with van der Waals surface area (Å²) in [5, 5.41) is 1.17. The van der Waals surface area contributed by atoms with Gasteiger partial charge in [-0.2, -0.15) is 0 Å². The van der Waals surface area contributed by atoms with Crippen molar-refractivity contribution in [2.45, 2.75) is 18.9 Å². The summed E-state index contributed by atoms with van der Waals surface area (Å²) in [7, 11) is 0. The number of anilines is 2. The Labute approximate surface area is 119 Å². The van der Waals surface area contributed by atoms with E-state index in [1.165, 1.54) is 23.9 Å². The molecule has 0 bridgehead atoms. The standard InChI is InChI=1S/C16H20N4/c17-14-11-18-15-4-2-1-3-13(15)16(14)20-9-7-19(8-10-20)12-5-6-12/h1-4,11-12H,5-10,17H2. The van der Waals surface area contributed by atoms with E-state index in [1.54, 1.807) is 6.20 Å². The number of hydrogen-bond acceptors (Lipinski definition) is 4. The van der Waals surface area contributed by atoms with Gasteiger partial charge in [-0.25, -0.2) is 0 Å². The Hall–Kier alpha value is -1.81. The number of pyridine rings is 1. The molecule has 2 N–H and O–H groups in total. The normalized spacial score (nSPS) is 20.5. The van der Waals surface area contributed by atoms with Crippen LogP contribution in [0.2, 0.25) is 0 Å². The van der Waals surface area contributed by atoms with Crippen LogP contribution in [0.3, 0.4) is 0 Å². The van der Waals surface area contributed by atoms with Crippen LogP contribution in [0.15, 0.2) is 30.5 Å². The summed E-state index contributed by atoms with van der Waals surface area (Å²) in [5.41, 5.74) is 9.20. The summed E-state index contributed by atoms with van der Waals surface area (Å²) in [6.07, 6.45) is 4.57. The van der Waals surface area contributed by atoms with Crippen molar-refractivity contribution in [3.05, 3.63) is 30.5 Å². The van der Waals surface area contributed by atoms with Crippen molar-refractivity contribution in [1.29, 1.82) is 0 Å². The lowest BCUT2D eigenvalue weighted by atomic mass is 10.1. The predicted molar refractivity (Wildman–Crippen MR) is 83.0 cm³/mol. The van der Waals surface area contributed by atoms with Crippen molar-refractivity contribution in [2.24, 2.45) is 0 Å². The number of nitrogen functional groups attached to an aromatic ring is 1. The Kier molecular flexibility index (Phi) is 2.77. The minimum absolute atomic E-state index is 0.795. The molecule has 0 radical (unpaired) electrons. The van der Waals surface area contributed by atoms with Gasteiger partial charge >= 0.3 is 0 Å². The van der Waals surface area contributed by atoms with Gasteiger partial charge in [0.1, 0.15) is 0 Å². The van der Waals surface area contributed by atoms with Crippen LogP contribution in [-0.4, -0.2) is 42.1 Å². The highest BCUT2D eigenvalue weighted by Crippen LogP contribution is 2.33. The molecule has 1 aromatic carbocycles. The van der Waals surface area contributed by atoms with Gasteiger partial charge in [0.2, 0.25) is 0 Å². The fourth-order valence-electron chi connectivity index (χ4n) is 3.25. The first kappa shape index (κ1) is 12.0. The van der Waals surface area contributed by atoms with Crippen molar-refractivity contribution >= 4 is 22.3 Å². The summed E-state index contributed by atoms with van der Waals surface area (Å²) >= 11 is 0. The molecule has 104 valence electrons. The topological polar surface area (TPSA) is 45.4 Å². The van der Waals surface area contributed by atoms with Gasteiger partial charge in [0, 0.05) is 37.6 Å². The van der Waals surface area contributed by atoms with Gasteiger partial charge in [-0.05, 0) is 18.9 Å². The largest absolute Gasteiger partial charge is 0.396 e. The highest BCUT2D eigenvalue weighted by molar-refractivity contribution is 5.97. The summed E-state index contributed by atoms with van der Waals surface area (Å²) in [4.78, 5) is 9.48. The quantitative estimate of drug-likeness (QED) is 0.906. The Morgan fingerprint density at radius 3 is 2.55 bits per heavy atom. The third-order valence-electron chi connectivity index (χ3n) is 4.47. The third kappa shape index (κ3) is 2.00.